The maximum Gasteiger partial charge on any atom is 0.243 e. The van der Waals surface area contributed by atoms with E-state index in [9.17, 15) is 22.8 Å². The van der Waals surface area contributed by atoms with Crippen LogP contribution in [0.4, 0.5) is 11.4 Å². The Morgan fingerprint density at radius 3 is 2.13 bits per heavy atom. The Kier molecular flexibility index (Phi) is 8.04. The van der Waals surface area contributed by atoms with Crippen LogP contribution >= 0.6 is 0 Å². The summed E-state index contributed by atoms with van der Waals surface area (Å²) in [5, 5.41) is 2.90. The average Bonchev–Trinajstić information content (AvgIpc) is 3.35. The number of piperidine rings is 2. The second-order valence-electron chi connectivity index (χ2n) is 10.9. The van der Waals surface area contributed by atoms with Crippen molar-refractivity contribution in [3.8, 4) is 0 Å². The standard InChI is InChI=1S/C29H36N4O5S/c1-21-11-17-32(18-12-21)39(37,38)26-9-7-24(8-10-26)30-28(35)22-13-15-31(16-14-22)29(36)23-19-27(34)33(20-23)25-5-3-2-4-6-25/h2-10,21-23H,11-20H2,1H3,(H,30,35). The summed E-state index contributed by atoms with van der Waals surface area (Å²) in [6.45, 7) is 4.53. The zero-order valence-corrected chi connectivity index (χ0v) is 23.1. The fraction of sp³-hybridized carbons (Fsp3) is 0.483. The minimum absolute atomic E-state index is 0.0272. The lowest BCUT2D eigenvalue weighted by Gasteiger charge is -2.33. The summed E-state index contributed by atoms with van der Waals surface area (Å²) >= 11 is 0. The minimum atomic E-state index is -3.54. The highest BCUT2D eigenvalue weighted by atomic mass is 32.2. The monoisotopic (exact) mass is 552 g/mol. The molecule has 3 aliphatic rings. The zero-order chi connectivity index (χ0) is 27.6. The Hall–Kier alpha value is -3.24. The maximum absolute atomic E-state index is 13.1. The lowest BCUT2D eigenvalue weighted by molar-refractivity contribution is -0.138. The number of sulfonamides is 1. The molecule has 2 aromatic carbocycles. The van der Waals surface area contributed by atoms with E-state index in [-0.39, 0.29) is 40.9 Å². The van der Waals surface area contributed by atoms with Crippen LogP contribution in [-0.4, -0.2) is 68.1 Å². The number of nitrogens with one attached hydrogen (secondary N) is 1. The fourth-order valence-corrected chi connectivity index (χ4v) is 7.15. The molecule has 5 rings (SSSR count). The van der Waals surface area contributed by atoms with Crippen LogP contribution in [0.3, 0.4) is 0 Å². The van der Waals surface area contributed by atoms with E-state index in [2.05, 4.69) is 12.2 Å². The van der Waals surface area contributed by atoms with E-state index < -0.39 is 10.0 Å². The van der Waals surface area contributed by atoms with Gasteiger partial charge in [0.25, 0.3) is 0 Å². The van der Waals surface area contributed by atoms with Gasteiger partial charge in [-0.3, -0.25) is 14.4 Å². The van der Waals surface area contributed by atoms with Crippen LogP contribution in [-0.2, 0) is 24.4 Å². The molecule has 3 fully saturated rings. The lowest BCUT2D eigenvalue weighted by Crippen LogP contribution is -2.44. The quantitative estimate of drug-likeness (QED) is 0.592. The van der Waals surface area contributed by atoms with Crippen molar-refractivity contribution >= 4 is 39.1 Å². The molecule has 3 saturated heterocycles. The molecule has 10 heteroatoms. The van der Waals surface area contributed by atoms with E-state index in [0.29, 0.717) is 57.2 Å². The summed E-state index contributed by atoms with van der Waals surface area (Å²) in [6, 6.07) is 15.7. The highest BCUT2D eigenvalue weighted by molar-refractivity contribution is 7.89. The van der Waals surface area contributed by atoms with Crippen LogP contribution < -0.4 is 10.2 Å². The average molecular weight is 553 g/mol. The smallest absolute Gasteiger partial charge is 0.243 e. The molecule has 3 amide bonds. The Labute approximate surface area is 230 Å². The summed E-state index contributed by atoms with van der Waals surface area (Å²) in [4.78, 5) is 42.2. The first-order chi connectivity index (χ1) is 18.7. The van der Waals surface area contributed by atoms with Crippen LogP contribution in [0.15, 0.2) is 59.5 Å². The Morgan fingerprint density at radius 2 is 1.49 bits per heavy atom. The molecule has 208 valence electrons. The predicted octanol–water partition coefficient (Wildman–Crippen LogP) is 3.34. The first kappa shape index (κ1) is 27.3. The molecule has 39 heavy (non-hydrogen) atoms. The molecule has 9 nitrogen and oxygen atoms in total. The van der Waals surface area contributed by atoms with Gasteiger partial charge in [0.1, 0.15) is 0 Å². The number of hydrogen-bond donors (Lipinski definition) is 1. The molecule has 0 aliphatic carbocycles. The lowest BCUT2D eigenvalue weighted by atomic mass is 9.94. The van der Waals surface area contributed by atoms with Crippen LogP contribution in [0.5, 0.6) is 0 Å². The van der Waals surface area contributed by atoms with E-state index in [4.69, 9.17) is 0 Å². The van der Waals surface area contributed by atoms with Gasteiger partial charge in [-0.05, 0) is 68.0 Å². The van der Waals surface area contributed by atoms with Crippen molar-refractivity contribution in [3.63, 3.8) is 0 Å². The third-order valence-corrected chi connectivity index (χ3v) is 10.1. The molecular formula is C29H36N4O5S. The number of carbonyl (C=O) groups excluding carboxylic acids is 3. The molecule has 0 bridgehead atoms. The molecule has 1 N–H and O–H groups in total. The Bertz CT molecular complexity index is 1300. The summed E-state index contributed by atoms with van der Waals surface area (Å²) in [5.41, 5.74) is 1.36. The molecule has 0 saturated carbocycles. The van der Waals surface area contributed by atoms with E-state index in [0.717, 1.165) is 18.5 Å². The van der Waals surface area contributed by atoms with Crippen molar-refractivity contribution in [3.05, 3.63) is 54.6 Å². The van der Waals surface area contributed by atoms with Crippen molar-refractivity contribution in [2.24, 2.45) is 17.8 Å². The number of benzene rings is 2. The van der Waals surface area contributed by atoms with Gasteiger partial charge >= 0.3 is 0 Å². The van der Waals surface area contributed by atoms with Crippen molar-refractivity contribution in [2.75, 3.05) is 42.9 Å². The number of rotatable bonds is 6. The van der Waals surface area contributed by atoms with Gasteiger partial charge in [-0.1, -0.05) is 25.1 Å². The molecule has 0 spiro atoms. The number of nitrogens with zero attached hydrogens (tertiary/aromatic N) is 3. The summed E-state index contributed by atoms with van der Waals surface area (Å²) in [5.74, 6) is -0.270. The van der Waals surface area contributed by atoms with Gasteiger partial charge < -0.3 is 15.1 Å². The van der Waals surface area contributed by atoms with E-state index in [1.54, 1.807) is 34.1 Å². The topological polar surface area (TPSA) is 107 Å². The first-order valence-electron chi connectivity index (χ1n) is 13.8. The van der Waals surface area contributed by atoms with Crippen LogP contribution in [0, 0.1) is 17.8 Å². The molecule has 3 heterocycles. The van der Waals surface area contributed by atoms with Crippen LogP contribution in [0.25, 0.3) is 0 Å². The van der Waals surface area contributed by atoms with E-state index in [1.807, 2.05) is 30.3 Å². The van der Waals surface area contributed by atoms with Crippen molar-refractivity contribution < 1.29 is 22.8 Å². The SMILES string of the molecule is CC1CCN(S(=O)(=O)c2ccc(NC(=O)C3CCN(C(=O)C4CC(=O)N(c5ccccc5)C4)CC3)cc2)CC1. The largest absolute Gasteiger partial charge is 0.342 e. The first-order valence-corrected chi connectivity index (χ1v) is 15.2. The number of carbonyl (C=O) groups is 3. The normalized spacial score (nSPS) is 21.8. The van der Waals surface area contributed by atoms with Gasteiger partial charge in [-0.25, -0.2) is 8.42 Å². The number of para-hydroxylation sites is 1. The highest BCUT2D eigenvalue weighted by Gasteiger charge is 2.38. The van der Waals surface area contributed by atoms with E-state index >= 15 is 0 Å². The minimum Gasteiger partial charge on any atom is -0.342 e. The number of amides is 3. The third-order valence-electron chi connectivity index (χ3n) is 8.22. The third kappa shape index (κ3) is 6.01. The molecule has 1 unspecified atom stereocenters. The molecular weight excluding hydrogens is 516 g/mol. The van der Waals surface area contributed by atoms with Crippen molar-refractivity contribution in [1.82, 2.24) is 9.21 Å². The second-order valence-corrected chi connectivity index (χ2v) is 12.9. The summed E-state index contributed by atoms with van der Waals surface area (Å²) < 4.78 is 27.4. The van der Waals surface area contributed by atoms with Gasteiger partial charge in [-0.2, -0.15) is 4.31 Å². The van der Waals surface area contributed by atoms with E-state index in [1.165, 1.54) is 4.31 Å². The molecule has 2 aromatic rings. The fourth-order valence-electron chi connectivity index (χ4n) is 5.68. The predicted molar refractivity (Wildman–Crippen MR) is 148 cm³/mol. The Balaban J connectivity index is 1.11. The molecule has 3 aliphatic heterocycles. The number of hydrogen-bond acceptors (Lipinski definition) is 5. The van der Waals surface area contributed by atoms with Crippen molar-refractivity contribution in [2.45, 2.75) is 43.9 Å². The van der Waals surface area contributed by atoms with Gasteiger partial charge in [0, 0.05) is 56.4 Å². The van der Waals surface area contributed by atoms with Crippen LogP contribution in [0.1, 0.15) is 39.0 Å². The molecule has 1 atom stereocenters. The van der Waals surface area contributed by atoms with Crippen LogP contribution in [0.2, 0.25) is 0 Å². The van der Waals surface area contributed by atoms with Gasteiger partial charge in [0.2, 0.25) is 27.7 Å². The highest BCUT2D eigenvalue weighted by Crippen LogP contribution is 2.29. The van der Waals surface area contributed by atoms with Crippen molar-refractivity contribution in [1.29, 1.82) is 0 Å². The summed E-state index contributed by atoms with van der Waals surface area (Å²) in [7, 11) is -3.54. The maximum atomic E-state index is 13.1. The van der Waals surface area contributed by atoms with Gasteiger partial charge in [-0.15, -0.1) is 0 Å². The number of anilines is 2. The molecule has 0 aromatic heterocycles. The second kappa shape index (κ2) is 11.5. The summed E-state index contributed by atoms with van der Waals surface area (Å²) in [6.07, 6.45) is 3.02. The van der Waals surface area contributed by atoms with Gasteiger partial charge in [0.05, 0.1) is 10.8 Å². The van der Waals surface area contributed by atoms with Gasteiger partial charge in [0.15, 0.2) is 0 Å². The zero-order valence-electron chi connectivity index (χ0n) is 22.3. The Morgan fingerprint density at radius 1 is 0.846 bits per heavy atom. The number of likely N-dealkylation sites (tertiary alicyclic amines) is 1. The molecule has 0 radical (unpaired) electrons.